The lowest BCUT2D eigenvalue weighted by Gasteiger charge is -2.21. The first kappa shape index (κ1) is 15.1. The Balaban J connectivity index is 2.76. The van der Waals surface area contributed by atoms with Crippen molar-refractivity contribution in [3.63, 3.8) is 0 Å². The van der Waals surface area contributed by atoms with Gasteiger partial charge in [0.15, 0.2) is 0 Å². The van der Waals surface area contributed by atoms with Gasteiger partial charge in [0.1, 0.15) is 11.8 Å². The molecule has 0 aliphatic rings. The lowest BCUT2D eigenvalue weighted by molar-refractivity contribution is -0.130. The Morgan fingerprint density at radius 3 is 2.74 bits per heavy atom. The highest BCUT2D eigenvalue weighted by atomic mass is 16.5. The van der Waals surface area contributed by atoms with Gasteiger partial charge in [0.2, 0.25) is 5.91 Å². The van der Waals surface area contributed by atoms with Gasteiger partial charge in [-0.05, 0) is 32.9 Å². The number of carbonyl (C=O) groups is 1. The Bertz CT molecular complexity index is 435. The molecule has 19 heavy (non-hydrogen) atoms. The molecule has 3 N–H and O–H groups in total. The Morgan fingerprint density at radius 2 is 2.16 bits per heavy atom. The fourth-order valence-corrected chi connectivity index (χ4v) is 1.70. The highest BCUT2D eigenvalue weighted by molar-refractivity contribution is 5.84. The minimum atomic E-state index is -0.289. The molecular formula is C14H23N3O2. The maximum atomic E-state index is 12.0. The molecule has 5 nitrogen and oxygen atoms in total. The number of hydrogen-bond donors (Lipinski definition) is 2. The van der Waals surface area contributed by atoms with Crippen molar-refractivity contribution in [3.05, 3.63) is 18.2 Å². The first-order valence-electron chi connectivity index (χ1n) is 6.53. The van der Waals surface area contributed by atoms with Crippen LogP contribution < -0.4 is 15.8 Å². The molecule has 0 aliphatic carbocycles. The summed E-state index contributed by atoms with van der Waals surface area (Å²) in [5.74, 6) is 0.688. The van der Waals surface area contributed by atoms with Crippen molar-refractivity contribution in [1.29, 1.82) is 0 Å². The molecule has 0 fully saturated rings. The van der Waals surface area contributed by atoms with Crippen LogP contribution in [0.25, 0.3) is 0 Å². The molecule has 0 aromatic heterocycles. The highest BCUT2D eigenvalue weighted by Crippen LogP contribution is 2.25. The van der Waals surface area contributed by atoms with Crippen LogP contribution in [0.5, 0.6) is 5.75 Å². The molecule has 1 aromatic rings. The number of likely N-dealkylation sites (N-methyl/N-ethyl adjacent to an activating group) is 1. The molecule has 0 aliphatic heterocycles. The minimum absolute atomic E-state index is 0.0530. The normalized spacial score (nSPS) is 11.8. The molecule has 1 aromatic carbocycles. The van der Waals surface area contributed by atoms with Crippen molar-refractivity contribution in [1.82, 2.24) is 4.90 Å². The van der Waals surface area contributed by atoms with Gasteiger partial charge in [0, 0.05) is 25.3 Å². The summed E-state index contributed by atoms with van der Waals surface area (Å²) in [5, 5.41) is 3.16. The van der Waals surface area contributed by atoms with Crippen LogP contribution in [0.15, 0.2) is 18.2 Å². The second-order valence-corrected chi connectivity index (χ2v) is 4.40. The second kappa shape index (κ2) is 6.87. The van der Waals surface area contributed by atoms with Crippen molar-refractivity contribution in [3.8, 4) is 5.75 Å². The summed E-state index contributed by atoms with van der Waals surface area (Å²) >= 11 is 0. The topological polar surface area (TPSA) is 67.6 Å². The fourth-order valence-electron chi connectivity index (χ4n) is 1.70. The number of carbonyl (C=O) groups excluding carboxylic acids is 1. The first-order valence-corrected chi connectivity index (χ1v) is 6.53. The second-order valence-electron chi connectivity index (χ2n) is 4.40. The lowest BCUT2D eigenvalue weighted by atomic mass is 10.2. The molecule has 0 heterocycles. The summed E-state index contributed by atoms with van der Waals surface area (Å²) < 4.78 is 5.43. The third-order valence-electron chi connectivity index (χ3n) is 2.92. The zero-order valence-corrected chi connectivity index (χ0v) is 12.1. The maximum Gasteiger partial charge on any atom is 0.244 e. The van der Waals surface area contributed by atoms with Gasteiger partial charge in [-0.3, -0.25) is 4.79 Å². The van der Waals surface area contributed by atoms with Gasteiger partial charge in [-0.25, -0.2) is 0 Å². The van der Waals surface area contributed by atoms with E-state index in [0.29, 0.717) is 24.6 Å². The third kappa shape index (κ3) is 4.05. The minimum Gasteiger partial charge on any atom is -0.492 e. The zero-order chi connectivity index (χ0) is 14.4. The van der Waals surface area contributed by atoms with E-state index in [1.165, 1.54) is 0 Å². The molecule has 106 valence electrons. The summed E-state index contributed by atoms with van der Waals surface area (Å²) in [5.41, 5.74) is 7.22. The van der Waals surface area contributed by atoms with Crippen LogP contribution in [0.3, 0.4) is 0 Å². The van der Waals surface area contributed by atoms with E-state index in [0.717, 1.165) is 5.69 Å². The highest BCUT2D eigenvalue weighted by Gasteiger charge is 2.16. The van der Waals surface area contributed by atoms with Crippen molar-refractivity contribution >= 4 is 17.3 Å². The molecule has 0 saturated carbocycles. The molecule has 0 bridgehead atoms. The summed E-state index contributed by atoms with van der Waals surface area (Å²) in [4.78, 5) is 13.6. The van der Waals surface area contributed by atoms with Gasteiger partial charge in [-0.1, -0.05) is 0 Å². The number of amides is 1. The Labute approximate surface area is 114 Å². The standard InChI is InChI=1S/C14H23N3O2/c1-5-17(4)14(18)10(3)16-11-7-8-12(15)13(9-11)19-6-2/h7-10,16H,5-6,15H2,1-4H3. The van der Waals surface area contributed by atoms with Crippen LogP contribution in [-0.2, 0) is 4.79 Å². The van der Waals surface area contributed by atoms with Gasteiger partial charge in [-0.2, -0.15) is 0 Å². The SMILES string of the molecule is CCOc1cc(NC(C)C(=O)N(C)CC)ccc1N. The predicted molar refractivity (Wildman–Crippen MR) is 78.4 cm³/mol. The van der Waals surface area contributed by atoms with Gasteiger partial charge >= 0.3 is 0 Å². The largest absolute Gasteiger partial charge is 0.492 e. The number of nitrogens with zero attached hydrogens (tertiary/aromatic N) is 1. The summed E-state index contributed by atoms with van der Waals surface area (Å²) in [7, 11) is 1.79. The van der Waals surface area contributed by atoms with Gasteiger partial charge < -0.3 is 20.7 Å². The number of benzene rings is 1. The van der Waals surface area contributed by atoms with E-state index in [1.807, 2.05) is 32.9 Å². The number of nitrogens with two attached hydrogens (primary N) is 1. The number of rotatable bonds is 6. The lowest BCUT2D eigenvalue weighted by Crippen LogP contribution is -2.38. The van der Waals surface area contributed by atoms with E-state index in [-0.39, 0.29) is 11.9 Å². The molecule has 0 saturated heterocycles. The van der Waals surface area contributed by atoms with E-state index in [9.17, 15) is 4.79 Å². The third-order valence-corrected chi connectivity index (χ3v) is 2.92. The van der Waals surface area contributed by atoms with Crippen LogP contribution in [0.2, 0.25) is 0 Å². The maximum absolute atomic E-state index is 12.0. The zero-order valence-electron chi connectivity index (χ0n) is 12.1. The average Bonchev–Trinajstić information content (AvgIpc) is 2.41. The molecular weight excluding hydrogens is 242 g/mol. The van der Waals surface area contributed by atoms with Crippen molar-refractivity contribution in [2.45, 2.75) is 26.8 Å². The molecule has 1 unspecified atom stereocenters. The van der Waals surface area contributed by atoms with Crippen LogP contribution in [0, 0.1) is 0 Å². The van der Waals surface area contributed by atoms with Gasteiger partial charge in [0.25, 0.3) is 0 Å². The van der Waals surface area contributed by atoms with E-state index in [2.05, 4.69) is 5.32 Å². The average molecular weight is 265 g/mol. The van der Waals surface area contributed by atoms with E-state index in [1.54, 1.807) is 18.0 Å². The molecule has 1 atom stereocenters. The van der Waals surface area contributed by atoms with E-state index in [4.69, 9.17) is 10.5 Å². The Kier molecular flexibility index (Phi) is 5.48. The molecule has 0 radical (unpaired) electrons. The Hall–Kier alpha value is -1.91. The van der Waals surface area contributed by atoms with Crippen molar-refractivity contribution in [2.24, 2.45) is 0 Å². The first-order chi connectivity index (χ1) is 8.99. The predicted octanol–water partition coefficient (Wildman–Crippen LogP) is 1.95. The number of anilines is 2. The smallest absolute Gasteiger partial charge is 0.244 e. The quantitative estimate of drug-likeness (QED) is 0.771. The van der Waals surface area contributed by atoms with Gasteiger partial charge in [0.05, 0.1) is 12.3 Å². The Morgan fingerprint density at radius 1 is 1.47 bits per heavy atom. The van der Waals surface area contributed by atoms with Crippen LogP contribution in [0.1, 0.15) is 20.8 Å². The molecule has 1 rings (SSSR count). The van der Waals surface area contributed by atoms with Crippen LogP contribution in [0.4, 0.5) is 11.4 Å². The summed E-state index contributed by atoms with van der Waals surface area (Å²) in [6.45, 7) is 6.94. The summed E-state index contributed by atoms with van der Waals surface area (Å²) in [6.07, 6.45) is 0. The number of hydrogen-bond acceptors (Lipinski definition) is 4. The molecule has 0 spiro atoms. The number of ether oxygens (including phenoxy) is 1. The van der Waals surface area contributed by atoms with Crippen LogP contribution in [-0.4, -0.2) is 37.0 Å². The van der Waals surface area contributed by atoms with Crippen LogP contribution >= 0.6 is 0 Å². The van der Waals surface area contributed by atoms with E-state index < -0.39 is 0 Å². The number of nitrogen functional groups attached to an aromatic ring is 1. The van der Waals surface area contributed by atoms with Gasteiger partial charge in [-0.15, -0.1) is 0 Å². The van der Waals surface area contributed by atoms with Crippen molar-refractivity contribution < 1.29 is 9.53 Å². The fraction of sp³-hybridized carbons (Fsp3) is 0.500. The van der Waals surface area contributed by atoms with Crippen molar-refractivity contribution in [2.75, 3.05) is 31.2 Å². The molecule has 5 heteroatoms. The summed E-state index contributed by atoms with van der Waals surface area (Å²) in [6, 6.07) is 5.14. The monoisotopic (exact) mass is 265 g/mol. The molecule has 1 amide bonds. The van der Waals surface area contributed by atoms with E-state index >= 15 is 0 Å². The number of nitrogens with one attached hydrogen (secondary N) is 1.